The molecule has 3 rings (SSSR count). The van der Waals surface area contributed by atoms with E-state index in [1.807, 2.05) is 47.4 Å². The van der Waals surface area contributed by atoms with Crippen molar-refractivity contribution in [3.63, 3.8) is 0 Å². The Bertz CT molecular complexity index is 786. The third-order valence-electron chi connectivity index (χ3n) is 4.94. The second-order valence-corrected chi connectivity index (χ2v) is 6.45. The SMILES string of the molecule is CCc1ccccc1NC(=O)N1CCN(c2ccc(OC)c(OC)c2)CC1. The summed E-state index contributed by atoms with van der Waals surface area (Å²) >= 11 is 0. The lowest BCUT2D eigenvalue weighted by Crippen LogP contribution is -2.50. The van der Waals surface area contributed by atoms with Crippen LogP contribution in [0.5, 0.6) is 11.5 Å². The zero-order chi connectivity index (χ0) is 19.2. The molecule has 6 nitrogen and oxygen atoms in total. The second-order valence-electron chi connectivity index (χ2n) is 6.45. The highest BCUT2D eigenvalue weighted by molar-refractivity contribution is 5.90. The Morgan fingerprint density at radius 2 is 1.70 bits per heavy atom. The van der Waals surface area contributed by atoms with Crippen LogP contribution in [0.2, 0.25) is 0 Å². The van der Waals surface area contributed by atoms with E-state index < -0.39 is 0 Å². The summed E-state index contributed by atoms with van der Waals surface area (Å²) in [5.74, 6) is 1.43. The van der Waals surface area contributed by atoms with Crippen molar-refractivity contribution in [2.24, 2.45) is 0 Å². The topological polar surface area (TPSA) is 54.0 Å². The number of carbonyl (C=O) groups excluding carboxylic acids is 1. The Kier molecular flexibility index (Phi) is 6.06. The molecule has 27 heavy (non-hydrogen) atoms. The van der Waals surface area contributed by atoms with Gasteiger partial charge in [-0.1, -0.05) is 25.1 Å². The molecule has 2 aromatic rings. The number of aryl methyl sites for hydroxylation is 1. The van der Waals surface area contributed by atoms with E-state index in [-0.39, 0.29) is 6.03 Å². The van der Waals surface area contributed by atoms with Crippen LogP contribution in [0.1, 0.15) is 12.5 Å². The van der Waals surface area contributed by atoms with Gasteiger partial charge in [0, 0.05) is 43.6 Å². The first-order valence-corrected chi connectivity index (χ1v) is 9.27. The number of para-hydroxylation sites is 1. The van der Waals surface area contributed by atoms with Gasteiger partial charge < -0.3 is 24.6 Å². The minimum absolute atomic E-state index is 0.0390. The lowest BCUT2D eigenvalue weighted by Gasteiger charge is -2.36. The van der Waals surface area contributed by atoms with Gasteiger partial charge >= 0.3 is 6.03 Å². The maximum atomic E-state index is 12.6. The standard InChI is InChI=1S/C21H27N3O3/c1-4-16-7-5-6-8-18(16)22-21(25)24-13-11-23(12-14-24)17-9-10-19(26-2)20(15-17)27-3/h5-10,15H,4,11-14H2,1-3H3,(H,22,25). The van der Waals surface area contributed by atoms with E-state index in [0.717, 1.165) is 36.4 Å². The van der Waals surface area contributed by atoms with Crippen molar-refractivity contribution in [2.75, 3.05) is 50.6 Å². The van der Waals surface area contributed by atoms with Gasteiger partial charge in [0.2, 0.25) is 0 Å². The van der Waals surface area contributed by atoms with Crippen LogP contribution in [0.25, 0.3) is 0 Å². The Hall–Kier alpha value is -2.89. The minimum atomic E-state index is -0.0390. The summed E-state index contributed by atoms with van der Waals surface area (Å²) in [6, 6.07) is 13.8. The molecule has 6 heteroatoms. The average Bonchev–Trinajstić information content (AvgIpc) is 2.73. The predicted molar refractivity (Wildman–Crippen MR) is 108 cm³/mol. The first kappa shape index (κ1) is 18.9. The molecule has 0 bridgehead atoms. The fourth-order valence-electron chi connectivity index (χ4n) is 3.33. The monoisotopic (exact) mass is 369 g/mol. The van der Waals surface area contributed by atoms with Crippen LogP contribution in [0, 0.1) is 0 Å². The lowest BCUT2D eigenvalue weighted by molar-refractivity contribution is 0.208. The normalized spacial score (nSPS) is 14.0. The van der Waals surface area contributed by atoms with Crippen LogP contribution in [-0.2, 0) is 6.42 Å². The van der Waals surface area contributed by atoms with Crippen LogP contribution in [-0.4, -0.2) is 51.3 Å². The van der Waals surface area contributed by atoms with Gasteiger partial charge in [-0.2, -0.15) is 0 Å². The number of methoxy groups -OCH3 is 2. The zero-order valence-corrected chi connectivity index (χ0v) is 16.2. The molecule has 0 unspecified atom stereocenters. The molecular weight excluding hydrogens is 342 g/mol. The fourth-order valence-corrected chi connectivity index (χ4v) is 3.33. The van der Waals surface area contributed by atoms with Gasteiger partial charge in [0.25, 0.3) is 0 Å². The molecule has 144 valence electrons. The van der Waals surface area contributed by atoms with Gasteiger partial charge in [0.05, 0.1) is 14.2 Å². The molecule has 1 N–H and O–H groups in total. The van der Waals surface area contributed by atoms with Crippen LogP contribution in [0.3, 0.4) is 0 Å². The van der Waals surface area contributed by atoms with Crippen molar-refractivity contribution < 1.29 is 14.3 Å². The van der Waals surface area contributed by atoms with Crippen molar-refractivity contribution in [2.45, 2.75) is 13.3 Å². The van der Waals surface area contributed by atoms with Crippen LogP contribution < -0.4 is 19.7 Å². The van der Waals surface area contributed by atoms with E-state index >= 15 is 0 Å². The van der Waals surface area contributed by atoms with Crippen LogP contribution >= 0.6 is 0 Å². The summed E-state index contributed by atoms with van der Waals surface area (Å²) in [5, 5.41) is 3.05. The first-order valence-electron chi connectivity index (χ1n) is 9.27. The highest BCUT2D eigenvalue weighted by atomic mass is 16.5. The number of piperazine rings is 1. The minimum Gasteiger partial charge on any atom is -0.493 e. The third-order valence-corrected chi connectivity index (χ3v) is 4.94. The van der Waals surface area contributed by atoms with Gasteiger partial charge in [-0.15, -0.1) is 0 Å². The number of rotatable bonds is 5. The number of carbonyl (C=O) groups is 1. The number of urea groups is 1. The molecule has 0 radical (unpaired) electrons. The summed E-state index contributed by atoms with van der Waals surface area (Å²) in [7, 11) is 3.27. The maximum Gasteiger partial charge on any atom is 0.321 e. The fraction of sp³-hybridized carbons (Fsp3) is 0.381. The van der Waals surface area contributed by atoms with Gasteiger partial charge in [0.1, 0.15) is 0 Å². The molecule has 1 aliphatic heterocycles. The summed E-state index contributed by atoms with van der Waals surface area (Å²) in [6.07, 6.45) is 0.892. The van der Waals surface area contributed by atoms with Crippen LogP contribution in [0.15, 0.2) is 42.5 Å². The molecule has 0 atom stereocenters. The largest absolute Gasteiger partial charge is 0.493 e. The first-order chi connectivity index (χ1) is 13.2. The number of amides is 2. The van der Waals surface area contributed by atoms with E-state index in [4.69, 9.17) is 9.47 Å². The molecule has 1 heterocycles. The van der Waals surface area contributed by atoms with Crippen LogP contribution in [0.4, 0.5) is 16.2 Å². The molecule has 1 aliphatic rings. The number of ether oxygens (including phenoxy) is 2. The molecular formula is C21H27N3O3. The van der Waals surface area contributed by atoms with E-state index in [1.54, 1.807) is 14.2 Å². The van der Waals surface area contributed by atoms with E-state index in [1.165, 1.54) is 0 Å². The molecule has 2 aromatic carbocycles. The molecule has 0 aliphatic carbocycles. The van der Waals surface area contributed by atoms with Gasteiger partial charge in [-0.05, 0) is 30.2 Å². The summed E-state index contributed by atoms with van der Waals surface area (Å²) in [4.78, 5) is 16.7. The molecule has 2 amide bonds. The maximum absolute atomic E-state index is 12.6. The van der Waals surface area contributed by atoms with Gasteiger partial charge in [0.15, 0.2) is 11.5 Å². The molecule has 1 fully saturated rings. The van der Waals surface area contributed by atoms with Gasteiger partial charge in [-0.3, -0.25) is 0 Å². The molecule has 0 aromatic heterocycles. The lowest BCUT2D eigenvalue weighted by atomic mass is 10.1. The number of nitrogens with one attached hydrogen (secondary N) is 1. The van der Waals surface area contributed by atoms with E-state index in [2.05, 4.69) is 17.1 Å². The Morgan fingerprint density at radius 1 is 1.00 bits per heavy atom. The second kappa shape index (κ2) is 8.66. The van der Waals surface area contributed by atoms with E-state index in [0.29, 0.717) is 24.6 Å². The van der Waals surface area contributed by atoms with Crippen molar-refractivity contribution in [3.05, 3.63) is 48.0 Å². The quantitative estimate of drug-likeness (QED) is 0.875. The highest BCUT2D eigenvalue weighted by Crippen LogP contribution is 2.31. The Morgan fingerprint density at radius 3 is 2.37 bits per heavy atom. The van der Waals surface area contributed by atoms with Crippen molar-refractivity contribution in [1.82, 2.24) is 4.90 Å². The van der Waals surface area contributed by atoms with Crippen molar-refractivity contribution in [1.29, 1.82) is 0 Å². The average molecular weight is 369 g/mol. The van der Waals surface area contributed by atoms with Crippen molar-refractivity contribution >= 4 is 17.4 Å². The smallest absolute Gasteiger partial charge is 0.321 e. The number of benzene rings is 2. The van der Waals surface area contributed by atoms with E-state index in [9.17, 15) is 4.79 Å². The Labute approximate surface area is 160 Å². The molecule has 0 spiro atoms. The predicted octanol–water partition coefficient (Wildman–Crippen LogP) is 3.62. The molecule has 0 saturated carbocycles. The summed E-state index contributed by atoms with van der Waals surface area (Å²) in [6.45, 7) is 4.99. The number of hydrogen-bond acceptors (Lipinski definition) is 4. The third kappa shape index (κ3) is 4.27. The van der Waals surface area contributed by atoms with Crippen molar-refractivity contribution in [3.8, 4) is 11.5 Å². The highest BCUT2D eigenvalue weighted by Gasteiger charge is 2.22. The summed E-state index contributed by atoms with van der Waals surface area (Å²) in [5.41, 5.74) is 3.12. The molecule has 1 saturated heterocycles. The van der Waals surface area contributed by atoms with Gasteiger partial charge in [-0.25, -0.2) is 4.79 Å². The zero-order valence-electron chi connectivity index (χ0n) is 16.2. The number of anilines is 2. The number of hydrogen-bond donors (Lipinski definition) is 1. The summed E-state index contributed by atoms with van der Waals surface area (Å²) < 4.78 is 10.7. The number of nitrogens with zero attached hydrogens (tertiary/aromatic N) is 2. The Balaban J connectivity index is 1.61.